The van der Waals surface area contributed by atoms with E-state index >= 15 is 0 Å². The molecule has 1 aromatic rings. The van der Waals surface area contributed by atoms with E-state index in [1.54, 1.807) is 6.92 Å². The Bertz CT molecular complexity index is 454. The molecule has 0 unspecified atom stereocenters. The van der Waals surface area contributed by atoms with Crippen LogP contribution in [0.1, 0.15) is 35.8 Å². The summed E-state index contributed by atoms with van der Waals surface area (Å²) in [6, 6.07) is 1.41. The molecule has 1 rings (SSSR count). The van der Waals surface area contributed by atoms with Gasteiger partial charge in [-0.2, -0.15) is 0 Å². The van der Waals surface area contributed by atoms with Gasteiger partial charge in [-0.3, -0.25) is 9.59 Å². The third-order valence-corrected chi connectivity index (χ3v) is 2.73. The topological polar surface area (TPSA) is 73.4 Å². The molecule has 1 aromatic heterocycles. The zero-order chi connectivity index (χ0) is 13.5. The van der Waals surface area contributed by atoms with Gasteiger partial charge in [0.2, 0.25) is 0 Å². The van der Waals surface area contributed by atoms with Crippen LogP contribution >= 0.6 is 0 Å². The van der Waals surface area contributed by atoms with Gasteiger partial charge >= 0.3 is 0 Å². The number of pyridine rings is 1. The Hall–Kier alpha value is -1.62. The SMILES string of the molecule is CCCCN(CCO)C(=O)c1c[nH]c(C)cc1=O. The molecule has 0 bridgehead atoms. The quantitative estimate of drug-likeness (QED) is 0.790. The van der Waals surface area contributed by atoms with Gasteiger partial charge in [0, 0.05) is 31.0 Å². The first-order chi connectivity index (χ1) is 8.60. The number of aliphatic hydroxyl groups is 1. The highest BCUT2D eigenvalue weighted by Crippen LogP contribution is 2.02. The number of carbonyl (C=O) groups is 1. The summed E-state index contributed by atoms with van der Waals surface area (Å²) in [5, 5.41) is 8.97. The molecule has 0 radical (unpaired) electrons. The molecule has 2 N–H and O–H groups in total. The van der Waals surface area contributed by atoms with E-state index in [0.717, 1.165) is 18.5 Å². The number of aryl methyl sites for hydroxylation is 1. The van der Waals surface area contributed by atoms with Crippen LogP contribution < -0.4 is 5.43 Å². The number of carbonyl (C=O) groups excluding carboxylic acids is 1. The van der Waals surface area contributed by atoms with E-state index < -0.39 is 0 Å². The van der Waals surface area contributed by atoms with Gasteiger partial charge in [0.25, 0.3) is 5.91 Å². The molecule has 0 saturated carbocycles. The fraction of sp³-hybridized carbons (Fsp3) is 0.538. The number of nitrogens with zero attached hydrogens (tertiary/aromatic N) is 1. The summed E-state index contributed by atoms with van der Waals surface area (Å²) in [6.07, 6.45) is 3.26. The number of hydrogen-bond donors (Lipinski definition) is 2. The van der Waals surface area contributed by atoms with Crippen molar-refractivity contribution < 1.29 is 9.90 Å². The van der Waals surface area contributed by atoms with Crippen LogP contribution in [0, 0.1) is 6.92 Å². The average molecular weight is 252 g/mol. The number of rotatable bonds is 6. The van der Waals surface area contributed by atoms with Crippen LogP contribution in [-0.4, -0.2) is 40.6 Å². The van der Waals surface area contributed by atoms with Crippen LogP contribution in [0.3, 0.4) is 0 Å². The number of H-pyrrole nitrogens is 1. The first kappa shape index (κ1) is 14.4. The first-order valence-corrected chi connectivity index (χ1v) is 6.19. The third-order valence-electron chi connectivity index (χ3n) is 2.73. The lowest BCUT2D eigenvalue weighted by atomic mass is 10.2. The van der Waals surface area contributed by atoms with Gasteiger partial charge in [0.15, 0.2) is 5.43 Å². The van der Waals surface area contributed by atoms with Crippen molar-refractivity contribution in [2.24, 2.45) is 0 Å². The molecule has 0 saturated heterocycles. The normalized spacial score (nSPS) is 10.4. The number of amides is 1. The van der Waals surface area contributed by atoms with Gasteiger partial charge in [-0.05, 0) is 13.3 Å². The minimum atomic E-state index is -0.321. The van der Waals surface area contributed by atoms with Gasteiger partial charge in [-0.25, -0.2) is 0 Å². The molecule has 18 heavy (non-hydrogen) atoms. The third kappa shape index (κ3) is 3.70. The Balaban J connectivity index is 2.90. The molecule has 1 heterocycles. The van der Waals surface area contributed by atoms with E-state index in [1.165, 1.54) is 17.2 Å². The van der Waals surface area contributed by atoms with Crippen molar-refractivity contribution in [1.82, 2.24) is 9.88 Å². The molecule has 5 nitrogen and oxygen atoms in total. The van der Waals surface area contributed by atoms with Gasteiger partial charge in [-0.15, -0.1) is 0 Å². The molecule has 100 valence electrons. The lowest BCUT2D eigenvalue weighted by Gasteiger charge is -2.21. The highest BCUT2D eigenvalue weighted by atomic mass is 16.3. The zero-order valence-corrected chi connectivity index (χ0v) is 10.9. The van der Waals surface area contributed by atoms with E-state index in [2.05, 4.69) is 4.98 Å². The maximum atomic E-state index is 12.2. The Labute approximate surface area is 106 Å². The Morgan fingerprint density at radius 1 is 1.44 bits per heavy atom. The number of hydrogen-bond acceptors (Lipinski definition) is 3. The van der Waals surface area contributed by atoms with Crippen molar-refractivity contribution in [1.29, 1.82) is 0 Å². The first-order valence-electron chi connectivity index (χ1n) is 6.19. The van der Waals surface area contributed by atoms with Crippen molar-refractivity contribution in [3.05, 3.63) is 33.7 Å². The zero-order valence-electron chi connectivity index (χ0n) is 10.9. The molecule has 0 aromatic carbocycles. The van der Waals surface area contributed by atoms with Crippen LogP contribution in [0.4, 0.5) is 0 Å². The molecule has 1 amide bonds. The number of aromatic nitrogens is 1. The Morgan fingerprint density at radius 3 is 2.72 bits per heavy atom. The summed E-state index contributed by atoms with van der Waals surface area (Å²) in [5.41, 5.74) is 0.569. The monoisotopic (exact) mass is 252 g/mol. The molecular weight excluding hydrogens is 232 g/mol. The summed E-state index contributed by atoms with van der Waals surface area (Å²) in [6.45, 7) is 4.51. The largest absolute Gasteiger partial charge is 0.395 e. The minimum absolute atomic E-state index is 0.0980. The van der Waals surface area contributed by atoms with E-state index in [0.29, 0.717) is 6.54 Å². The fourth-order valence-corrected chi connectivity index (χ4v) is 1.70. The lowest BCUT2D eigenvalue weighted by Crippen LogP contribution is -2.37. The van der Waals surface area contributed by atoms with Crippen molar-refractivity contribution in [2.45, 2.75) is 26.7 Å². The van der Waals surface area contributed by atoms with Gasteiger partial charge in [0.1, 0.15) is 5.56 Å². The van der Waals surface area contributed by atoms with Crippen molar-refractivity contribution in [3.63, 3.8) is 0 Å². The maximum absolute atomic E-state index is 12.2. The van der Waals surface area contributed by atoms with Gasteiger partial charge in [-0.1, -0.05) is 13.3 Å². The molecule has 0 aliphatic rings. The number of aromatic amines is 1. The smallest absolute Gasteiger partial charge is 0.259 e. The summed E-state index contributed by atoms with van der Waals surface area (Å²) >= 11 is 0. The predicted molar refractivity (Wildman–Crippen MR) is 69.7 cm³/mol. The molecular formula is C13H20N2O3. The number of nitrogens with one attached hydrogen (secondary N) is 1. The molecule has 0 aliphatic carbocycles. The van der Waals surface area contributed by atoms with E-state index in [9.17, 15) is 9.59 Å². The molecule has 5 heteroatoms. The molecule has 0 fully saturated rings. The minimum Gasteiger partial charge on any atom is -0.395 e. The van der Waals surface area contributed by atoms with Gasteiger partial charge in [0.05, 0.1) is 6.61 Å². The van der Waals surface area contributed by atoms with Crippen molar-refractivity contribution in [2.75, 3.05) is 19.7 Å². The molecule has 0 spiro atoms. The summed E-state index contributed by atoms with van der Waals surface area (Å²) in [7, 11) is 0. The highest BCUT2D eigenvalue weighted by molar-refractivity contribution is 5.93. The Kier molecular flexibility index (Phi) is 5.58. The summed E-state index contributed by atoms with van der Waals surface area (Å²) < 4.78 is 0. The molecule has 0 atom stereocenters. The van der Waals surface area contributed by atoms with Gasteiger partial charge < -0.3 is 15.0 Å². The van der Waals surface area contributed by atoms with E-state index in [1.807, 2.05) is 6.92 Å². The van der Waals surface area contributed by atoms with Crippen LogP contribution in [0.25, 0.3) is 0 Å². The second-order valence-electron chi connectivity index (χ2n) is 4.26. The standard InChI is InChI=1S/C13H20N2O3/c1-3-4-5-15(6-7-16)13(18)11-9-14-10(2)8-12(11)17/h8-9,16H,3-7H2,1-2H3,(H,14,17). The average Bonchev–Trinajstić information content (AvgIpc) is 2.33. The maximum Gasteiger partial charge on any atom is 0.259 e. The predicted octanol–water partition coefficient (Wildman–Crippen LogP) is 0.918. The second-order valence-corrected chi connectivity index (χ2v) is 4.26. The molecule has 0 aliphatic heterocycles. The van der Waals surface area contributed by atoms with E-state index in [4.69, 9.17) is 5.11 Å². The Morgan fingerprint density at radius 2 is 2.17 bits per heavy atom. The summed E-state index contributed by atoms with van der Waals surface area (Å²) in [5.74, 6) is -0.321. The van der Waals surface area contributed by atoms with Crippen LogP contribution in [0.5, 0.6) is 0 Å². The van der Waals surface area contributed by atoms with Crippen LogP contribution in [0.15, 0.2) is 17.1 Å². The fourth-order valence-electron chi connectivity index (χ4n) is 1.70. The van der Waals surface area contributed by atoms with Crippen molar-refractivity contribution >= 4 is 5.91 Å². The number of aliphatic hydroxyl groups excluding tert-OH is 1. The number of unbranched alkanes of at least 4 members (excludes halogenated alkanes) is 1. The van der Waals surface area contributed by atoms with Crippen LogP contribution in [-0.2, 0) is 0 Å². The lowest BCUT2D eigenvalue weighted by molar-refractivity contribution is 0.0717. The highest BCUT2D eigenvalue weighted by Gasteiger charge is 2.17. The van der Waals surface area contributed by atoms with Crippen LogP contribution in [0.2, 0.25) is 0 Å². The van der Waals surface area contributed by atoms with E-state index in [-0.39, 0.29) is 30.1 Å². The summed E-state index contributed by atoms with van der Waals surface area (Å²) in [4.78, 5) is 28.3. The van der Waals surface area contributed by atoms with Crippen molar-refractivity contribution in [3.8, 4) is 0 Å². The second kappa shape index (κ2) is 6.96.